The first-order chi connectivity index (χ1) is 9.47. The van der Waals surface area contributed by atoms with E-state index in [1.165, 1.54) is 14.2 Å². The summed E-state index contributed by atoms with van der Waals surface area (Å²) >= 11 is 5.85. The molecular formula is C14H18ClNO4. The van der Waals surface area contributed by atoms with E-state index >= 15 is 0 Å². The Morgan fingerprint density at radius 1 is 1.35 bits per heavy atom. The number of halogens is 1. The third-order valence-corrected chi connectivity index (χ3v) is 3.04. The number of benzene rings is 1. The fraction of sp³-hybridized carbons (Fsp3) is 0.429. The standard InChI is InChI=1S/C14H18ClNO4/c1-9(14(18)20-3)8-16-13(17)6-10-4-5-11(15)7-12(10)19-2/h4-5,7,9H,6,8H2,1-3H3,(H,16,17). The molecule has 6 heteroatoms. The van der Waals surface area contributed by atoms with Gasteiger partial charge in [0.2, 0.25) is 5.91 Å². The molecule has 0 aromatic heterocycles. The quantitative estimate of drug-likeness (QED) is 0.814. The number of nitrogens with one attached hydrogen (secondary N) is 1. The van der Waals surface area contributed by atoms with Crippen molar-refractivity contribution in [3.63, 3.8) is 0 Å². The molecule has 0 aliphatic rings. The fourth-order valence-electron chi connectivity index (χ4n) is 1.65. The maximum atomic E-state index is 11.8. The molecule has 0 fully saturated rings. The van der Waals surface area contributed by atoms with Crippen LogP contribution in [0.5, 0.6) is 5.75 Å². The highest BCUT2D eigenvalue weighted by Gasteiger charge is 2.15. The average molecular weight is 300 g/mol. The van der Waals surface area contributed by atoms with E-state index in [0.29, 0.717) is 10.8 Å². The maximum Gasteiger partial charge on any atom is 0.310 e. The highest BCUT2D eigenvalue weighted by Crippen LogP contribution is 2.23. The summed E-state index contributed by atoms with van der Waals surface area (Å²) in [5.74, 6) is -0.361. The molecular weight excluding hydrogens is 282 g/mol. The van der Waals surface area contributed by atoms with E-state index < -0.39 is 0 Å². The van der Waals surface area contributed by atoms with Crippen molar-refractivity contribution in [1.82, 2.24) is 5.32 Å². The molecule has 20 heavy (non-hydrogen) atoms. The molecule has 0 bridgehead atoms. The number of carbonyl (C=O) groups excluding carboxylic acids is 2. The van der Waals surface area contributed by atoms with Gasteiger partial charge in [0, 0.05) is 17.1 Å². The van der Waals surface area contributed by atoms with Gasteiger partial charge in [-0.15, -0.1) is 0 Å². The van der Waals surface area contributed by atoms with Crippen LogP contribution in [0, 0.1) is 5.92 Å². The van der Waals surface area contributed by atoms with Crippen LogP contribution in [-0.2, 0) is 20.7 Å². The molecule has 0 saturated heterocycles. The molecule has 1 aromatic carbocycles. The van der Waals surface area contributed by atoms with Crippen LogP contribution in [-0.4, -0.2) is 32.6 Å². The lowest BCUT2D eigenvalue weighted by Gasteiger charge is -2.12. The molecule has 0 aliphatic heterocycles. The average Bonchev–Trinajstić information content (AvgIpc) is 2.45. The summed E-state index contributed by atoms with van der Waals surface area (Å²) in [4.78, 5) is 23.0. The zero-order valence-corrected chi connectivity index (χ0v) is 12.5. The van der Waals surface area contributed by atoms with E-state index in [1.807, 2.05) is 0 Å². The van der Waals surface area contributed by atoms with Gasteiger partial charge in [-0.25, -0.2) is 0 Å². The van der Waals surface area contributed by atoms with E-state index in [0.717, 1.165) is 5.56 Å². The summed E-state index contributed by atoms with van der Waals surface area (Å²) in [6.07, 6.45) is 0.161. The highest BCUT2D eigenvalue weighted by molar-refractivity contribution is 6.30. The van der Waals surface area contributed by atoms with Crippen LogP contribution in [0.3, 0.4) is 0 Å². The van der Waals surface area contributed by atoms with Gasteiger partial charge in [0.25, 0.3) is 0 Å². The molecule has 0 radical (unpaired) electrons. The van der Waals surface area contributed by atoms with E-state index in [4.69, 9.17) is 16.3 Å². The Balaban J connectivity index is 2.56. The Hall–Kier alpha value is -1.75. The van der Waals surface area contributed by atoms with Gasteiger partial charge < -0.3 is 14.8 Å². The number of methoxy groups -OCH3 is 2. The minimum atomic E-state index is -0.379. The molecule has 1 amide bonds. The van der Waals surface area contributed by atoms with Crippen molar-refractivity contribution in [2.45, 2.75) is 13.3 Å². The predicted molar refractivity (Wildman–Crippen MR) is 75.9 cm³/mol. The molecule has 110 valence electrons. The monoisotopic (exact) mass is 299 g/mol. The van der Waals surface area contributed by atoms with Crippen molar-refractivity contribution in [1.29, 1.82) is 0 Å². The number of carbonyl (C=O) groups is 2. The van der Waals surface area contributed by atoms with Crippen molar-refractivity contribution >= 4 is 23.5 Å². The molecule has 1 atom stereocenters. The topological polar surface area (TPSA) is 64.6 Å². The van der Waals surface area contributed by atoms with Gasteiger partial charge in [-0.2, -0.15) is 0 Å². The Morgan fingerprint density at radius 3 is 2.65 bits per heavy atom. The van der Waals surface area contributed by atoms with Crippen LogP contribution in [0.2, 0.25) is 5.02 Å². The lowest BCUT2D eigenvalue weighted by Crippen LogP contribution is -2.33. The second kappa shape index (κ2) is 7.75. The Labute approximate surface area is 123 Å². The van der Waals surface area contributed by atoms with Crippen LogP contribution < -0.4 is 10.1 Å². The van der Waals surface area contributed by atoms with E-state index in [1.54, 1.807) is 25.1 Å². The molecule has 0 saturated carbocycles. The van der Waals surface area contributed by atoms with Crippen molar-refractivity contribution in [3.05, 3.63) is 28.8 Å². The van der Waals surface area contributed by atoms with Gasteiger partial charge in [0.1, 0.15) is 5.75 Å². The van der Waals surface area contributed by atoms with Gasteiger partial charge in [-0.1, -0.05) is 24.6 Å². The molecule has 5 nitrogen and oxygen atoms in total. The highest BCUT2D eigenvalue weighted by atomic mass is 35.5. The van der Waals surface area contributed by atoms with Crippen LogP contribution >= 0.6 is 11.6 Å². The zero-order chi connectivity index (χ0) is 15.1. The van der Waals surface area contributed by atoms with Crippen LogP contribution in [0.25, 0.3) is 0 Å². The van der Waals surface area contributed by atoms with Gasteiger partial charge in [0.05, 0.1) is 26.6 Å². The molecule has 1 N–H and O–H groups in total. The van der Waals surface area contributed by atoms with Crippen LogP contribution in [0.15, 0.2) is 18.2 Å². The van der Waals surface area contributed by atoms with Gasteiger partial charge in [-0.3, -0.25) is 9.59 Å². The molecule has 0 spiro atoms. The molecule has 1 aromatic rings. The lowest BCUT2D eigenvalue weighted by molar-refractivity contribution is -0.144. The number of amides is 1. The first-order valence-corrected chi connectivity index (χ1v) is 6.52. The number of esters is 1. The van der Waals surface area contributed by atoms with Crippen LogP contribution in [0.1, 0.15) is 12.5 Å². The smallest absolute Gasteiger partial charge is 0.310 e. The number of hydrogen-bond acceptors (Lipinski definition) is 4. The minimum Gasteiger partial charge on any atom is -0.496 e. The summed E-state index contributed by atoms with van der Waals surface area (Å²) in [6.45, 7) is 1.93. The van der Waals surface area contributed by atoms with Crippen LogP contribution in [0.4, 0.5) is 0 Å². The molecule has 1 unspecified atom stereocenters. The zero-order valence-electron chi connectivity index (χ0n) is 11.7. The summed E-state index contributed by atoms with van der Waals surface area (Å²) < 4.78 is 9.76. The van der Waals surface area contributed by atoms with Gasteiger partial charge in [-0.05, 0) is 12.1 Å². The van der Waals surface area contributed by atoms with Crippen molar-refractivity contribution in [2.75, 3.05) is 20.8 Å². The Kier molecular flexibility index (Phi) is 6.31. The Morgan fingerprint density at radius 2 is 2.05 bits per heavy atom. The van der Waals surface area contributed by atoms with E-state index in [-0.39, 0.29) is 30.8 Å². The second-order valence-electron chi connectivity index (χ2n) is 4.36. The number of ether oxygens (including phenoxy) is 2. The lowest BCUT2D eigenvalue weighted by atomic mass is 10.1. The third-order valence-electron chi connectivity index (χ3n) is 2.81. The third kappa shape index (κ3) is 4.74. The summed E-state index contributed by atoms with van der Waals surface area (Å²) in [5.41, 5.74) is 0.736. The molecule has 0 heterocycles. The maximum absolute atomic E-state index is 11.8. The minimum absolute atomic E-state index is 0.161. The molecule has 0 aliphatic carbocycles. The SMILES string of the molecule is COC(=O)C(C)CNC(=O)Cc1ccc(Cl)cc1OC. The van der Waals surface area contributed by atoms with Crippen molar-refractivity contribution in [2.24, 2.45) is 5.92 Å². The first-order valence-electron chi connectivity index (χ1n) is 6.14. The van der Waals surface area contributed by atoms with Crippen molar-refractivity contribution < 1.29 is 19.1 Å². The summed E-state index contributed by atoms with van der Waals surface area (Å²) in [7, 11) is 2.84. The van der Waals surface area contributed by atoms with Gasteiger partial charge >= 0.3 is 5.97 Å². The normalized spacial score (nSPS) is 11.6. The second-order valence-corrected chi connectivity index (χ2v) is 4.80. The van der Waals surface area contributed by atoms with E-state index in [9.17, 15) is 9.59 Å². The summed E-state index contributed by atoms with van der Waals surface area (Å²) in [5, 5.41) is 3.23. The molecule has 1 rings (SSSR count). The number of hydrogen-bond donors (Lipinski definition) is 1. The Bertz CT molecular complexity index is 490. The largest absolute Gasteiger partial charge is 0.496 e. The van der Waals surface area contributed by atoms with Crippen molar-refractivity contribution in [3.8, 4) is 5.75 Å². The first kappa shape index (κ1) is 16.3. The number of rotatable bonds is 6. The predicted octanol–water partition coefficient (Wildman–Crippen LogP) is 1.82. The van der Waals surface area contributed by atoms with E-state index in [2.05, 4.69) is 10.1 Å². The fourth-order valence-corrected chi connectivity index (χ4v) is 1.81. The summed E-state index contributed by atoms with van der Waals surface area (Å²) in [6, 6.07) is 5.09. The van der Waals surface area contributed by atoms with Gasteiger partial charge in [0.15, 0.2) is 0 Å².